The van der Waals surface area contributed by atoms with Gasteiger partial charge in [0.05, 0.1) is 11.9 Å². The molecule has 0 aromatic carbocycles. The van der Waals surface area contributed by atoms with Gasteiger partial charge in [-0.2, -0.15) is 4.39 Å². The lowest BCUT2D eigenvalue weighted by Gasteiger charge is -2.27. The highest BCUT2D eigenvalue weighted by atomic mass is 19.1. The number of anilines is 1. The lowest BCUT2D eigenvalue weighted by atomic mass is 10.1. The second-order valence-corrected chi connectivity index (χ2v) is 4.79. The predicted molar refractivity (Wildman–Crippen MR) is 61.0 cm³/mol. The first-order valence-electron chi connectivity index (χ1n) is 5.91. The summed E-state index contributed by atoms with van der Waals surface area (Å²) in [5.41, 5.74) is 0.541. The zero-order valence-electron chi connectivity index (χ0n) is 9.40. The Morgan fingerprint density at radius 3 is 2.94 bits per heavy atom. The van der Waals surface area contributed by atoms with E-state index in [1.165, 1.54) is 24.8 Å². The van der Waals surface area contributed by atoms with E-state index >= 15 is 0 Å². The number of likely N-dealkylation sites (tertiary alicyclic amines) is 1. The van der Waals surface area contributed by atoms with Crippen molar-refractivity contribution < 1.29 is 9.18 Å². The molecule has 1 aliphatic heterocycles. The summed E-state index contributed by atoms with van der Waals surface area (Å²) in [4.78, 5) is 17.4. The zero-order valence-corrected chi connectivity index (χ0v) is 9.40. The molecular weight excluding hydrogens is 221 g/mol. The Morgan fingerprint density at radius 2 is 2.35 bits per heavy atom. The smallest absolute Gasteiger partial charge is 0.321 e. The van der Waals surface area contributed by atoms with Gasteiger partial charge in [0.1, 0.15) is 0 Å². The largest absolute Gasteiger partial charge is 0.322 e. The van der Waals surface area contributed by atoms with Crippen LogP contribution in [-0.2, 0) is 0 Å². The van der Waals surface area contributed by atoms with E-state index in [9.17, 15) is 9.18 Å². The number of amides is 2. The minimum absolute atomic E-state index is 0.0920. The molecule has 2 atom stereocenters. The summed E-state index contributed by atoms with van der Waals surface area (Å²) in [5, 5.41) is 2.75. The fraction of sp³-hybridized carbons (Fsp3) is 0.500. The number of fused-ring (bicyclic) bond motifs is 2. The minimum Gasteiger partial charge on any atom is -0.321 e. The Bertz CT molecular complexity index is 434. The van der Waals surface area contributed by atoms with Crippen molar-refractivity contribution in [2.75, 3.05) is 11.9 Å². The average molecular weight is 235 g/mol. The van der Waals surface area contributed by atoms with E-state index in [2.05, 4.69) is 10.3 Å². The molecule has 3 rings (SSSR count). The molecule has 2 heterocycles. The maximum atomic E-state index is 12.6. The molecule has 0 radical (unpaired) electrons. The van der Waals surface area contributed by atoms with Crippen LogP contribution in [0.5, 0.6) is 0 Å². The monoisotopic (exact) mass is 235 g/mol. The number of aromatic nitrogens is 1. The third kappa shape index (κ3) is 1.97. The standard InChI is InChI=1S/C12H14FN3O/c13-11-4-2-9(6-14-11)15-12(17)16-7-8-1-3-10(16)5-8/h2,4,6,8,10H,1,3,5,7H2,(H,15,17). The van der Waals surface area contributed by atoms with Gasteiger partial charge in [-0.25, -0.2) is 9.78 Å². The van der Waals surface area contributed by atoms with Gasteiger partial charge < -0.3 is 10.2 Å². The van der Waals surface area contributed by atoms with Crippen LogP contribution in [0.25, 0.3) is 0 Å². The highest BCUT2D eigenvalue weighted by Crippen LogP contribution is 2.37. The van der Waals surface area contributed by atoms with Crippen molar-refractivity contribution in [2.24, 2.45) is 5.92 Å². The quantitative estimate of drug-likeness (QED) is 0.759. The van der Waals surface area contributed by atoms with Crippen LogP contribution in [0.15, 0.2) is 18.3 Å². The summed E-state index contributed by atoms with van der Waals surface area (Å²) in [7, 11) is 0. The molecule has 1 N–H and O–H groups in total. The maximum absolute atomic E-state index is 12.6. The molecule has 1 aromatic rings. The third-order valence-electron chi connectivity index (χ3n) is 3.65. The van der Waals surface area contributed by atoms with Gasteiger partial charge in [0.25, 0.3) is 0 Å². The summed E-state index contributed by atoms with van der Waals surface area (Å²) >= 11 is 0. The van der Waals surface area contributed by atoms with Crippen molar-refractivity contribution >= 4 is 11.7 Å². The molecule has 2 fully saturated rings. The number of halogens is 1. The summed E-state index contributed by atoms with van der Waals surface area (Å²) < 4.78 is 12.6. The first-order valence-corrected chi connectivity index (χ1v) is 5.91. The molecule has 4 nitrogen and oxygen atoms in total. The van der Waals surface area contributed by atoms with E-state index in [0.29, 0.717) is 17.6 Å². The molecule has 1 aliphatic carbocycles. The lowest BCUT2D eigenvalue weighted by Crippen LogP contribution is -2.40. The van der Waals surface area contributed by atoms with Crippen LogP contribution >= 0.6 is 0 Å². The van der Waals surface area contributed by atoms with Crippen molar-refractivity contribution in [3.8, 4) is 0 Å². The molecule has 2 amide bonds. The number of pyridine rings is 1. The maximum Gasteiger partial charge on any atom is 0.322 e. The van der Waals surface area contributed by atoms with Crippen molar-refractivity contribution in [3.63, 3.8) is 0 Å². The number of nitrogens with zero attached hydrogens (tertiary/aromatic N) is 2. The number of urea groups is 1. The zero-order chi connectivity index (χ0) is 11.8. The van der Waals surface area contributed by atoms with Crippen LogP contribution in [0, 0.1) is 11.9 Å². The van der Waals surface area contributed by atoms with Crippen LogP contribution in [-0.4, -0.2) is 28.5 Å². The highest BCUT2D eigenvalue weighted by Gasteiger charge is 2.40. The van der Waals surface area contributed by atoms with Gasteiger partial charge in [0.15, 0.2) is 0 Å². The van der Waals surface area contributed by atoms with Gasteiger partial charge in [-0.15, -0.1) is 0 Å². The summed E-state index contributed by atoms with van der Waals surface area (Å²) in [6, 6.07) is 3.07. The number of hydrogen-bond acceptors (Lipinski definition) is 2. The molecule has 0 spiro atoms. The van der Waals surface area contributed by atoms with Crippen LogP contribution in [0.2, 0.25) is 0 Å². The first kappa shape index (κ1) is 10.5. The summed E-state index contributed by atoms with van der Waals surface area (Å²) in [6.07, 6.45) is 4.82. The molecule has 1 aromatic heterocycles. The van der Waals surface area contributed by atoms with E-state index in [1.807, 2.05) is 4.90 Å². The second-order valence-electron chi connectivity index (χ2n) is 4.79. The Labute approximate surface area is 98.8 Å². The van der Waals surface area contributed by atoms with Crippen LogP contribution < -0.4 is 5.32 Å². The number of rotatable bonds is 1. The summed E-state index contributed by atoms with van der Waals surface area (Å²) in [5.74, 6) is 0.139. The average Bonchev–Trinajstić information content (AvgIpc) is 2.94. The molecule has 17 heavy (non-hydrogen) atoms. The van der Waals surface area contributed by atoms with E-state index < -0.39 is 5.95 Å². The van der Waals surface area contributed by atoms with Gasteiger partial charge >= 0.3 is 6.03 Å². The van der Waals surface area contributed by atoms with Crippen molar-refractivity contribution in [1.29, 1.82) is 0 Å². The molecule has 1 saturated carbocycles. The van der Waals surface area contributed by atoms with E-state index in [4.69, 9.17) is 0 Å². The normalized spacial score (nSPS) is 26.3. The SMILES string of the molecule is O=C(Nc1ccc(F)nc1)N1CC2CCC1C2. The van der Waals surface area contributed by atoms with Crippen LogP contribution in [0.3, 0.4) is 0 Å². The molecular formula is C12H14FN3O. The van der Waals surface area contributed by atoms with E-state index in [1.54, 1.807) is 0 Å². The topological polar surface area (TPSA) is 45.2 Å². The Balaban J connectivity index is 1.65. The number of carbonyl (C=O) groups excluding carboxylic acids is 1. The molecule has 2 aliphatic rings. The number of carbonyl (C=O) groups is 1. The third-order valence-corrected chi connectivity index (χ3v) is 3.65. The first-order chi connectivity index (χ1) is 8.22. The fourth-order valence-corrected chi connectivity index (χ4v) is 2.82. The lowest BCUT2D eigenvalue weighted by molar-refractivity contribution is 0.194. The van der Waals surface area contributed by atoms with E-state index in [-0.39, 0.29) is 6.03 Å². The molecule has 2 unspecified atom stereocenters. The van der Waals surface area contributed by atoms with Gasteiger partial charge in [-0.3, -0.25) is 0 Å². The predicted octanol–water partition coefficient (Wildman–Crippen LogP) is 2.24. The van der Waals surface area contributed by atoms with Gasteiger partial charge in [0, 0.05) is 12.6 Å². The molecule has 5 heteroatoms. The number of hydrogen-bond donors (Lipinski definition) is 1. The van der Waals surface area contributed by atoms with Crippen molar-refractivity contribution in [3.05, 3.63) is 24.3 Å². The molecule has 1 saturated heterocycles. The van der Waals surface area contributed by atoms with Crippen molar-refractivity contribution in [1.82, 2.24) is 9.88 Å². The molecule has 90 valence electrons. The van der Waals surface area contributed by atoms with Gasteiger partial charge in [0.2, 0.25) is 5.95 Å². The van der Waals surface area contributed by atoms with Crippen molar-refractivity contribution in [2.45, 2.75) is 25.3 Å². The Kier molecular flexibility index (Phi) is 2.46. The highest BCUT2D eigenvalue weighted by molar-refractivity contribution is 5.89. The second kappa shape index (κ2) is 3.98. The number of piperidine rings is 1. The molecule has 2 bridgehead atoms. The van der Waals surface area contributed by atoms with Crippen LogP contribution in [0.1, 0.15) is 19.3 Å². The number of nitrogens with one attached hydrogen (secondary N) is 1. The van der Waals surface area contributed by atoms with Gasteiger partial charge in [-0.05, 0) is 37.3 Å². The van der Waals surface area contributed by atoms with E-state index in [0.717, 1.165) is 19.4 Å². The Morgan fingerprint density at radius 1 is 1.47 bits per heavy atom. The minimum atomic E-state index is -0.539. The summed E-state index contributed by atoms with van der Waals surface area (Å²) in [6.45, 7) is 0.852. The van der Waals surface area contributed by atoms with Gasteiger partial charge in [-0.1, -0.05) is 0 Å². The fourth-order valence-electron chi connectivity index (χ4n) is 2.82. The Hall–Kier alpha value is -1.65. The van der Waals surface area contributed by atoms with Crippen LogP contribution in [0.4, 0.5) is 14.9 Å².